The maximum atomic E-state index is 12.8. The first-order valence-electron chi connectivity index (χ1n) is 20.7. The lowest BCUT2D eigenvalue weighted by Gasteiger charge is -2.21. The Balaban J connectivity index is 0. The first-order chi connectivity index (χ1) is 26.8. The summed E-state index contributed by atoms with van der Waals surface area (Å²) < 4.78 is 23.2. The van der Waals surface area contributed by atoms with E-state index in [2.05, 4.69) is 24.2 Å². The molecule has 2 aromatic rings. The molecule has 0 saturated carbocycles. The fourth-order valence-corrected chi connectivity index (χ4v) is 5.56. The van der Waals surface area contributed by atoms with E-state index in [9.17, 15) is 14.4 Å². The van der Waals surface area contributed by atoms with E-state index in [0.717, 1.165) is 74.7 Å². The first-order valence-corrected chi connectivity index (χ1v) is 20.7. The molecule has 0 spiro atoms. The van der Waals surface area contributed by atoms with Crippen LogP contribution in [0.5, 0.6) is 23.0 Å². The molecule has 0 aliphatic carbocycles. The van der Waals surface area contributed by atoms with Gasteiger partial charge in [-0.25, -0.2) is 0 Å². The highest BCUT2D eigenvalue weighted by Crippen LogP contribution is 2.36. The minimum atomic E-state index is -0.453. The lowest BCUT2D eigenvalue weighted by atomic mass is 10.1. The summed E-state index contributed by atoms with van der Waals surface area (Å²) in [6.45, 7) is 26.5. The summed E-state index contributed by atoms with van der Waals surface area (Å²) in [7, 11) is 3.20. The monoisotopic (exact) mass is 773 g/mol. The van der Waals surface area contributed by atoms with Crippen LogP contribution < -0.4 is 24.3 Å². The SMILES string of the molecule is CC.CC.CC.CC.CCC.COc1cc(C)c(N=CC2CCCN2C=O)cc1OCCCCCOc1cc(NC(=O)C2CCCN2C=O)c(C)cc1OC. The summed E-state index contributed by atoms with van der Waals surface area (Å²) in [6.07, 6.45) is 10.6. The number of likely N-dealkylation sites (tertiary alicyclic amines) is 2. The number of rotatable bonds is 16. The summed E-state index contributed by atoms with van der Waals surface area (Å²) in [5, 5.41) is 2.96. The zero-order chi connectivity index (χ0) is 42.2. The van der Waals surface area contributed by atoms with E-state index >= 15 is 0 Å². The molecular formula is C44H76N4O7. The fraction of sp³-hybridized carbons (Fsp3) is 0.636. The molecule has 4 rings (SSSR count). The van der Waals surface area contributed by atoms with Crippen molar-refractivity contribution in [2.75, 3.05) is 45.8 Å². The molecule has 0 aromatic heterocycles. The van der Waals surface area contributed by atoms with Gasteiger partial charge in [-0.2, -0.15) is 0 Å². The van der Waals surface area contributed by atoms with Gasteiger partial charge >= 0.3 is 0 Å². The quantitative estimate of drug-likeness (QED) is 0.102. The van der Waals surface area contributed by atoms with Crippen molar-refractivity contribution in [3.8, 4) is 23.0 Å². The second kappa shape index (κ2) is 33.1. The van der Waals surface area contributed by atoms with Crippen molar-refractivity contribution in [3.63, 3.8) is 0 Å². The van der Waals surface area contributed by atoms with Gasteiger partial charge in [-0.15, -0.1) is 0 Å². The fourth-order valence-electron chi connectivity index (χ4n) is 5.56. The number of nitrogens with one attached hydrogen (secondary N) is 1. The predicted molar refractivity (Wildman–Crippen MR) is 230 cm³/mol. The Morgan fingerprint density at radius 1 is 0.727 bits per heavy atom. The third kappa shape index (κ3) is 18.3. The van der Waals surface area contributed by atoms with Gasteiger partial charge in [0.05, 0.1) is 39.2 Å². The normalized spacial score (nSPS) is 15.2. The maximum Gasteiger partial charge on any atom is 0.247 e. The molecule has 2 aliphatic rings. The summed E-state index contributed by atoms with van der Waals surface area (Å²) in [5.74, 6) is 2.23. The molecule has 2 saturated heterocycles. The number of methoxy groups -OCH3 is 2. The number of aliphatic imine (C=N–C) groups is 1. The van der Waals surface area contributed by atoms with Crippen LogP contribution in [0.3, 0.4) is 0 Å². The maximum absolute atomic E-state index is 12.8. The number of hydrogen-bond donors (Lipinski definition) is 1. The molecule has 2 atom stereocenters. The second-order valence-corrected chi connectivity index (χ2v) is 11.9. The van der Waals surface area contributed by atoms with Crippen molar-refractivity contribution in [1.82, 2.24) is 9.80 Å². The van der Waals surface area contributed by atoms with Gasteiger partial charge in [0.1, 0.15) is 6.04 Å². The number of carbonyl (C=O) groups excluding carboxylic acids is 3. The molecule has 2 aliphatic heterocycles. The van der Waals surface area contributed by atoms with Gasteiger partial charge in [-0.3, -0.25) is 19.4 Å². The number of amides is 3. The minimum absolute atomic E-state index is 0.0251. The van der Waals surface area contributed by atoms with Crippen molar-refractivity contribution in [2.24, 2.45) is 4.99 Å². The molecule has 1 N–H and O–H groups in total. The molecule has 2 unspecified atom stereocenters. The summed E-state index contributed by atoms with van der Waals surface area (Å²) in [4.78, 5) is 43.3. The number of unbranched alkanes of at least 4 members (excludes halogenated alkanes) is 2. The topological polar surface area (TPSA) is 119 Å². The Kier molecular flexibility index (Phi) is 31.8. The van der Waals surface area contributed by atoms with Gasteiger partial charge in [0, 0.05) is 37.1 Å². The molecule has 55 heavy (non-hydrogen) atoms. The van der Waals surface area contributed by atoms with Gasteiger partial charge in [0.2, 0.25) is 18.7 Å². The lowest BCUT2D eigenvalue weighted by molar-refractivity contribution is -0.127. The third-order valence-electron chi connectivity index (χ3n) is 8.15. The van der Waals surface area contributed by atoms with Gasteiger partial charge < -0.3 is 34.1 Å². The Hall–Kier alpha value is -4.28. The van der Waals surface area contributed by atoms with Crippen LogP contribution in [0.1, 0.15) is 132 Å². The molecule has 2 fully saturated rings. The lowest BCUT2D eigenvalue weighted by Crippen LogP contribution is -2.38. The molecule has 11 nitrogen and oxygen atoms in total. The number of hydrogen-bond acceptors (Lipinski definition) is 8. The molecule has 11 heteroatoms. The van der Waals surface area contributed by atoms with Crippen molar-refractivity contribution in [2.45, 2.75) is 147 Å². The summed E-state index contributed by atoms with van der Waals surface area (Å²) >= 11 is 0. The van der Waals surface area contributed by atoms with E-state index in [1.54, 1.807) is 25.2 Å². The van der Waals surface area contributed by atoms with E-state index < -0.39 is 6.04 Å². The van der Waals surface area contributed by atoms with Crippen LogP contribution in [0.25, 0.3) is 0 Å². The average Bonchev–Trinajstić information content (AvgIpc) is 3.91. The van der Waals surface area contributed by atoms with Gasteiger partial charge in [-0.1, -0.05) is 75.7 Å². The Bertz CT molecular complexity index is 1350. The zero-order valence-electron chi connectivity index (χ0n) is 36.9. The van der Waals surface area contributed by atoms with Crippen LogP contribution in [0.15, 0.2) is 29.3 Å². The predicted octanol–water partition coefficient (Wildman–Crippen LogP) is 10.4. The Labute approximate surface area is 334 Å². The number of nitrogens with zero attached hydrogens (tertiary/aromatic N) is 3. The van der Waals surface area contributed by atoms with Crippen LogP contribution in [-0.4, -0.2) is 87.3 Å². The Morgan fingerprint density at radius 2 is 1.22 bits per heavy atom. The molecular weight excluding hydrogens is 697 g/mol. The number of anilines is 1. The van der Waals surface area contributed by atoms with Gasteiger partial charge in [-0.05, 0) is 82.1 Å². The molecule has 314 valence electrons. The van der Waals surface area contributed by atoms with Crippen LogP contribution in [-0.2, 0) is 14.4 Å². The van der Waals surface area contributed by atoms with E-state index in [1.165, 1.54) is 11.3 Å². The second-order valence-electron chi connectivity index (χ2n) is 11.9. The van der Waals surface area contributed by atoms with E-state index in [1.807, 2.05) is 93.7 Å². The van der Waals surface area contributed by atoms with Crippen LogP contribution in [0, 0.1) is 13.8 Å². The first kappa shape index (κ1) is 52.8. The van der Waals surface area contributed by atoms with Crippen molar-refractivity contribution in [1.29, 1.82) is 0 Å². The minimum Gasteiger partial charge on any atom is -0.493 e. The molecule has 2 aromatic carbocycles. The van der Waals surface area contributed by atoms with E-state index in [0.29, 0.717) is 54.9 Å². The highest BCUT2D eigenvalue weighted by atomic mass is 16.5. The van der Waals surface area contributed by atoms with Gasteiger partial charge in [0.15, 0.2) is 23.0 Å². The van der Waals surface area contributed by atoms with E-state index in [4.69, 9.17) is 18.9 Å². The van der Waals surface area contributed by atoms with Crippen LogP contribution in [0.4, 0.5) is 11.4 Å². The van der Waals surface area contributed by atoms with E-state index in [-0.39, 0.29) is 11.9 Å². The van der Waals surface area contributed by atoms with Crippen molar-refractivity contribution in [3.05, 3.63) is 35.4 Å². The Morgan fingerprint density at radius 3 is 1.75 bits per heavy atom. The number of benzene rings is 2. The third-order valence-corrected chi connectivity index (χ3v) is 8.15. The largest absolute Gasteiger partial charge is 0.493 e. The molecule has 3 amide bonds. The van der Waals surface area contributed by atoms with Gasteiger partial charge in [0.25, 0.3) is 0 Å². The number of ether oxygens (including phenoxy) is 4. The smallest absolute Gasteiger partial charge is 0.247 e. The van der Waals surface area contributed by atoms with Crippen LogP contribution >= 0.6 is 0 Å². The number of aryl methyl sites for hydroxylation is 2. The summed E-state index contributed by atoms with van der Waals surface area (Å²) in [6, 6.07) is 6.99. The number of carbonyl (C=O) groups is 3. The van der Waals surface area contributed by atoms with Crippen molar-refractivity contribution >= 4 is 36.3 Å². The molecule has 2 heterocycles. The zero-order valence-corrected chi connectivity index (χ0v) is 36.9. The van der Waals surface area contributed by atoms with Crippen molar-refractivity contribution < 1.29 is 33.3 Å². The molecule has 0 radical (unpaired) electrons. The average molecular weight is 773 g/mol. The highest BCUT2D eigenvalue weighted by Gasteiger charge is 2.30. The standard InChI is InChI=1S/C33H44N4O7.C3H8.4C2H6/c1-23-16-29(41-3)31(18-26(23)34-20-25-10-8-12-36(25)21-38)43-14-6-5-7-15-44-32-19-27(24(2)17-30(32)42-4)35-33(40)28-11-9-13-37(28)22-39;1-3-2;4*1-2/h16-22,25,28H,5-15H2,1-4H3,(H,35,40);3H2,1-2H3;4*1-2H3. The highest BCUT2D eigenvalue weighted by molar-refractivity contribution is 5.97. The van der Waals surface area contributed by atoms with Crippen LogP contribution in [0.2, 0.25) is 0 Å². The summed E-state index contributed by atoms with van der Waals surface area (Å²) in [5.41, 5.74) is 3.24. The molecule has 0 bridgehead atoms.